The largest absolute Gasteiger partial charge is 0.473 e. The zero-order chi connectivity index (χ0) is 12.7. The van der Waals surface area contributed by atoms with Gasteiger partial charge in [0.25, 0.3) is 0 Å². The van der Waals surface area contributed by atoms with Gasteiger partial charge in [-0.1, -0.05) is 18.2 Å². The fourth-order valence-electron chi connectivity index (χ4n) is 1.22. The van der Waals surface area contributed by atoms with E-state index >= 15 is 0 Å². The quantitative estimate of drug-likeness (QED) is 0.795. The van der Waals surface area contributed by atoms with Crippen LogP contribution in [0.25, 0.3) is 0 Å². The Morgan fingerprint density at radius 3 is 2.76 bits per heavy atom. The molecular formula is C14H22N2O. The summed E-state index contributed by atoms with van der Waals surface area (Å²) in [5, 5.41) is 3.40. The maximum atomic E-state index is 5.49. The first-order valence-corrected chi connectivity index (χ1v) is 5.96. The van der Waals surface area contributed by atoms with Crippen LogP contribution in [0, 0.1) is 0 Å². The SMILES string of the molecule is CC=CCOc1cccc(CNC(C)(C)C)n1. The topological polar surface area (TPSA) is 34.1 Å². The number of nitrogens with zero attached hydrogens (tertiary/aromatic N) is 1. The van der Waals surface area contributed by atoms with Gasteiger partial charge in [-0.3, -0.25) is 0 Å². The lowest BCUT2D eigenvalue weighted by Crippen LogP contribution is -2.35. The van der Waals surface area contributed by atoms with Gasteiger partial charge in [0.2, 0.25) is 5.88 Å². The summed E-state index contributed by atoms with van der Waals surface area (Å²) in [6, 6.07) is 5.85. The third-order valence-electron chi connectivity index (χ3n) is 2.14. The predicted molar refractivity (Wildman–Crippen MR) is 71.1 cm³/mol. The lowest BCUT2D eigenvalue weighted by molar-refractivity contribution is 0.345. The zero-order valence-corrected chi connectivity index (χ0v) is 11.2. The number of hydrogen-bond acceptors (Lipinski definition) is 3. The number of nitrogens with one attached hydrogen (secondary N) is 1. The van der Waals surface area contributed by atoms with Crippen LogP contribution < -0.4 is 10.1 Å². The predicted octanol–water partition coefficient (Wildman–Crippen LogP) is 2.92. The van der Waals surface area contributed by atoms with E-state index in [0.29, 0.717) is 12.5 Å². The van der Waals surface area contributed by atoms with Crippen molar-refractivity contribution in [3.8, 4) is 5.88 Å². The molecule has 17 heavy (non-hydrogen) atoms. The first kappa shape index (κ1) is 13.7. The minimum absolute atomic E-state index is 0.101. The standard InChI is InChI=1S/C14H22N2O/c1-5-6-10-17-13-9-7-8-12(16-13)11-15-14(2,3)4/h5-9,15H,10-11H2,1-4H3. The molecule has 1 aromatic heterocycles. The number of hydrogen-bond donors (Lipinski definition) is 1. The zero-order valence-electron chi connectivity index (χ0n) is 11.2. The van der Waals surface area contributed by atoms with Gasteiger partial charge in [-0.05, 0) is 33.8 Å². The molecule has 0 aliphatic carbocycles. The van der Waals surface area contributed by atoms with Crippen LogP contribution in [0.15, 0.2) is 30.4 Å². The smallest absolute Gasteiger partial charge is 0.213 e. The normalized spacial score (nSPS) is 12.0. The highest BCUT2D eigenvalue weighted by molar-refractivity contribution is 5.16. The third-order valence-corrected chi connectivity index (χ3v) is 2.14. The van der Waals surface area contributed by atoms with Gasteiger partial charge in [0, 0.05) is 18.2 Å². The Morgan fingerprint density at radius 1 is 1.35 bits per heavy atom. The summed E-state index contributed by atoms with van der Waals surface area (Å²) < 4.78 is 5.49. The number of rotatable bonds is 5. The molecular weight excluding hydrogens is 212 g/mol. The summed E-state index contributed by atoms with van der Waals surface area (Å²) in [5.41, 5.74) is 1.10. The van der Waals surface area contributed by atoms with E-state index in [1.54, 1.807) is 0 Å². The van der Waals surface area contributed by atoms with Crippen LogP contribution in [0.3, 0.4) is 0 Å². The summed E-state index contributed by atoms with van der Waals surface area (Å²) in [5.74, 6) is 0.677. The van der Waals surface area contributed by atoms with Crippen molar-refractivity contribution in [2.24, 2.45) is 0 Å². The van der Waals surface area contributed by atoms with Crippen LogP contribution in [-0.4, -0.2) is 17.1 Å². The Bertz CT molecular complexity index is 367. The monoisotopic (exact) mass is 234 g/mol. The van der Waals surface area contributed by atoms with Crippen molar-refractivity contribution in [2.75, 3.05) is 6.61 Å². The molecule has 3 heteroatoms. The van der Waals surface area contributed by atoms with Crippen molar-refractivity contribution in [2.45, 2.75) is 39.8 Å². The van der Waals surface area contributed by atoms with Crippen LogP contribution in [-0.2, 0) is 6.54 Å². The van der Waals surface area contributed by atoms with E-state index in [-0.39, 0.29) is 5.54 Å². The van der Waals surface area contributed by atoms with Crippen molar-refractivity contribution in [1.82, 2.24) is 10.3 Å². The maximum absolute atomic E-state index is 5.49. The van der Waals surface area contributed by atoms with Crippen molar-refractivity contribution in [1.29, 1.82) is 0 Å². The average molecular weight is 234 g/mol. The second kappa shape index (κ2) is 6.40. The van der Waals surface area contributed by atoms with E-state index in [9.17, 15) is 0 Å². The molecule has 0 aliphatic rings. The van der Waals surface area contributed by atoms with Crippen LogP contribution in [0.4, 0.5) is 0 Å². The lowest BCUT2D eigenvalue weighted by Gasteiger charge is -2.20. The van der Waals surface area contributed by atoms with Gasteiger partial charge >= 0.3 is 0 Å². The highest BCUT2D eigenvalue weighted by Gasteiger charge is 2.08. The van der Waals surface area contributed by atoms with Gasteiger partial charge in [-0.2, -0.15) is 0 Å². The van der Waals surface area contributed by atoms with Crippen molar-refractivity contribution >= 4 is 0 Å². The number of ether oxygens (including phenoxy) is 1. The van der Waals surface area contributed by atoms with Crippen molar-refractivity contribution in [3.63, 3.8) is 0 Å². The highest BCUT2D eigenvalue weighted by Crippen LogP contribution is 2.09. The number of pyridine rings is 1. The van der Waals surface area contributed by atoms with Crippen LogP contribution in [0.2, 0.25) is 0 Å². The van der Waals surface area contributed by atoms with E-state index in [1.165, 1.54) is 0 Å². The molecule has 3 nitrogen and oxygen atoms in total. The van der Waals surface area contributed by atoms with E-state index in [2.05, 4.69) is 31.1 Å². The summed E-state index contributed by atoms with van der Waals surface area (Å²) in [6.07, 6.45) is 3.92. The first-order chi connectivity index (χ1) is 8.01. The molecule has 0 saturated carbocycles. The summed E-state index contributed by atoms with van der Waals surface area (Å²) in [7, 11) is 0. The average Bonchev–Trinajstić information content (AvgIpc) is 2.27. The third kappa shape index (κ3) is 6.07. The van der Waals surface area contributed by atoms with Crippen LogP contribution in [0.5, 0.6) is 5.88 Å². The second-order valence-corrected chi connectivity index (χ2v) is 4.95. The molecule has 94 valence electrons. The molecule has 0 unspecified atom stereocenters. The van der Waals surface area contributed by atoms with Gasteiger partial charge in [0.1, 0.15) is 6.61 Å². The molecule has 0 fully saturated rings. The Kier molecular flexibility index (Phi) is 5.16. The minimum Gasteiger partial charge on any atom is -0.473 e. The second-order valence-electron chi connectivity index (χ2n) is 4.95. The first-order valence-electron chi connectivity index (χ1n) is 5.96. The van der Waals surface area contributed by atoms with E-state index in [0.717, 1.165) is 12.2 Å². The Balaban J connectivity index is 2.53. The molecule has 0 saturated heterocycles. The molecule has 1 heterocycles. The van der Waals surface area contributed by atoms with E-state index < -0.39 is 0 Å². The summed E-state index contributed by atoms with van der Waals surface area (Å²) in [4.78, 5) is 4.43. The molecule has 0 bridgehead atoms. The Labute approximate surface area is 104 Å². The van der Waals surface area contributed by atoms with E-state index in [1.807, 2.05) is 37.3 Å². The molecule has 0 aliphatic heterocycles. The van der Waals surface area contributed by atoms with Gasteiger partial charge in [0.05, 0.1) is 5.69 Å². The fraction of sp³-hybridized carbons (Fsp3) is 0.500. The number of aromatic nitrogens is 1. The van der Waals surface area contributed by atoms with Crippen molar-refractivity contribution in [3.05, 3.63) is 36.0 Å². The molecule has 1 N–H and O–H groups in total. The maximum Gasteiger partial charge on any atom is 0.213 e. The molecule has 0 radical (unpaired) electrons. The molecule has 0 aromatic carbocycles. The Hall–Kier alpha value is -1.35. The van der Waals surface area contributed by atoms with Crippen molar-refractivity contribution < 1.29 is 4.74 Å². The molecule has 1 rings (SSSR count). The van der Waals surface area contributed by atoms with Gasteiger partial charge < -0.3 is 10.1 Å². The van der Waals surface area contributed by atoms with Gasteiger partial charge in [0.15, 0.2) is 0 Å². The highest BCUT2D eigenvalue weighted by atomic mass is 16.5. The molecule has 0 spiro atoms. The molecule has 0 atom stereocenters. The Morgan fingerprint density at radius 2 is 2.12 bits per heavy atom. The summed E-state index contributed by atoms with van der Waals surface area (Å²) in [6.45, 7) is 9.71. The lowest BCUT2D eigenvalue weighted by atomic mass is 10.1. The van der Waals surface area contributed by atoms with Crippen LogP contribution in [0.1, 0.15) is 33.4 Å². The van der Waals surface area contributed by atoms with Gasteiger partial charge in [-0.15, -0.1) is 0 Å². The van der Waals surface area contributed by atoms with Gasteiger partial charge in [-0.25, -0.2) is 4.98 Å². The van der Waals surface area contributed by atoms with Crippen LogP contribution >= 0.6 is 0 Å². The summed E-state index contributed by atoms with van der Waals surface area (Å²) >= 11 is 0. The number of allylic oxidation sites excluding steroid dienone is 1. The molecule has 0 amide bonds. The fourth-order valence-corrected chi connectivity index (χ4v) is 1.22. The van der Waals surface area contributed by atoms with E-state index in [4.69, 9.17) is 4.74 Å². The minimum atomic E-state index is 0.101. The molecule has 1 aromatic rings.